The number of nitrogens with one attached hydrogen (secondary N) is 1. The summed E-state index contributed by atoms with van der Waals surface area (Å²) in [6, 6.07) is 3.07. The fraction of sp³-hybridized carbons (Fsp3) is 0.500. The van der Waals surface area contributed by atoms with Crippen LogP contribution in [0.4, 0.5) is 11.4 Å². The molecule has 0 bridgehead atoms. The first-order valence-corrected chi connectivity index (χ1v) is 8.28. The molecule has 1 N–H and O–H groups in total. The number of hydrogen-bond acceptors (Lipinski definition) is 6. The van der Waals surface area contributed by atoms with Crippen LogP contribution in [0.25, 0.3) is 0 Å². The number of carbonyl (C=O) groups is 1. The molecular formula is C18H24N2O5. The Kier molecular flexibility index (Phi) is 6.52. The summed E-state index contributed by atoms with van der Waals surface area (Å²) in [5.41, 5.74) is 1.40. The molecule has 136 valence electrons. The van der Waals surface area contributed by atoms with Gasteiger partial charge >= 0.3 is 5.97 Å². The van der Waals surface area contributed by atoms with Gasteiger partial charge in [0.1, 0.15) is 5.69 Å². The molecule has 1 aromatic carbocycles. The highest BCUT2D eigenvalue weighted by molar-refractivity contribution is 5.92. The minimum Gasteiger partial charge on any atom is -0.465 e. The van der Waals surface area contributed by atoms with E-state index in [1.807, 2.05) is 6.08 Å². The van der Waals surface area contributed by atoms with Gasteiger partial charge in [-0.25, -0.2) is 4.79 Å². The predicted molar refractivity (Wildman–Crippen MR) is 95.1 cm³/mol. The summed E-state index contributed by atoms with van der Waals surface area (Å²) in [4.78, 5) is 23.0. The van der Waals surface area contributed by atoms with Crippen molar-refractivity contribution in [2.24, 2.45) is 0 Å². The molecule has 0 saturated heterocycles. The van der Waals surface area contributed by atoms with Gasteiger partial charge in [-0.3, -0.25) is 10.1 Å². The van der Waals surface area contributed by atoms with E-state index >= 15 is 0 Å². The van der Waals surface area contributed by atoms with E-state index in [1.165, 1.54) is 13.2 Å². The Morgan fingerprint density at radius 3 is 2.84 bits per heavy atom. The predicted octanol–water partition coefficient (Wildman–Crippen LogP) is 3.65. The molecule has 1 heterocycles. The second kappa shape index (κ2) is 8.62. The number of fused-ring (bicyclic) bond motifs is 1. The van der Waals surface area contributed by atoms with Crippen LogP contribution in [0.1, 0.15) is 47.5 Å². The van der Waals surface area contributed by atoms with E-state index in [0.29, 0.717) is 12.3 Å². The van der Waals surface area contributed by atoms with Gasteiger partial charge in [-0.05, 0) is 43.2 Å². The molecular weight excluding hydrogens is 324 g/mol. The maximum atomic E-state index is 11.9. The molecule has 25 heavy (non-hydrogen) atoms. The third-order valence-corrected chi connectivity index (χ3v) is 4.48. The Morgan fingerprint density at radius 1 is 1.48 bits per heavy atom. The number of esters is 1. The third-order valence-electron chi connectivity index (χ3n) is 4.48. The number of hydrogen-bond donors (Lipinski definition) is 1. The first-order valence-electron chi connectivity index (χ1n) is 8.28. The number of ether oxygens (including phenoxy) is 2. The zero-order valence-corrected chi connectivity index (χ0v) is 14.6. The van der Waals surface area contributed by atoms with Crippen molar-refractivity contribution < 1.29 is 19.2 Å². The van der Waals surface area contributed by atoms with Crippen LogP contribution in [0.3, 0.4) is 0 Å². The van der Waals surface area contributed by atoms with E-state index in [4.69, 9.17) is 9.47 Å². The molecule has 2 unspecified atom stereocenters. The molecule has 0 saturated carbocycles. The van der Waals surface area contributed by atoms with E-state index < -0.39 is 10.9 Å². The Morgan fingerprint density at radius 2 is 2.24 bits per heavy atom. The van der Waals surface area contributed by atoms with Crippen molar-refractivity contribution in [3.8, 4) is 0 Å². The Hall–Kier alpha value is -2.41. The molecule has 2 rings (SSSR count). The highest BCUT2D eigenvalue weighted by atomic mass is 16.6. The zero-order chi connectivity index (χ0) is 18.4. The second-order valence-electron chi connectivity index (χ2n) is 6.14. The molecule has 0 radical (unpaired) electrons. The average molecular weight is 348 g/mol. The number of methoxy groups -OCH3 is 2. The fourth-order valence-corrected chi connectivity index (χ4v) is 3.34. The van der Waals surface area contributed by atoms with Gasteiger partial charge in [-0.2, -0.15) is 0 Å². The summed E-state index contributed by atoms with van der Waals surface area (Å²) >= 11 is 0. The number of nitro groups is 1. The smallest absolute Gasteiger partial charge is 0.338 e. The van der Waals surface area contributed by atoms with E-state index in [9.17, 15) is 14.9 Å². The van der Waals surface area contributed by atoms with E-state index in [2.05, 4.69) is 11.9 Å². The number of nitrogens with zero attached hydrogens (tertiary/aromatic N) is 1. The normalized spacial score (nSPS) is 18.8. The third kappa shape index (κ3) is 4.36. The van der Waals surface area contributed by atoms with Gasteiger partial charge in [-0.15, -0.1) is 6.58 Å². The summed E-state index contributed by atoms with van der Waals surface area (Å²) in [6.45, 7) is 4.39. The van der Waals surface area contributed by atoms with Crippen molar-refractivity contribution in [2.45, 2.75) is 37.6 Å². The quantitative estimate of drug-likeness (QED) is 0.253. The van der Waals surface area contributed by atoms with E-state index in [0.717, 1.165) is 31.2 Å². The Balaban J connectivity index is 2.48. The summed E-state index contributed by atoms with van der Waals surface area (Å²) in [5, 5.41) is 14.8. The molecule has 7 nitrogen and oxygen atoms in total. The molecule has 1 aliphatic heterocycles. The van der Waals surface area contributed by atoms with Crippen molar-refractivity contribution in [3.05, 3.63) is 46.0 Å². The lowest BCUT2D eigenvalue weighted by atomic mass is 9.82. The second-order valence-corrected chi connectivity index (χ2v) is 6.14. The highest BCUT2D eigenvalue weighted by Crippen LogP contribution is 2.43. The van der Waals surface area contributed by atoms with Crippen molar-refractivity contribution >= 4 is 17.3 Å². The van der Waals surface area contributed by atoms with E-state index in [-0.39, 0.29) is 23.2 Å². The minimum absolute atomic E-state index is 0.0835. The topological polar surface area (TPSA) is 90.7 Å². The fourth-order valence-electron chi connectivity index (χ4n) is 3.34. The molecule has 0 aliphatic carbocycles. The summed E-state index contributed by atoms with van der Waals surface area (Å²) in [7, 11) is 2.92. The van der Waals surface area contributed by atoms with Crippen molar-refractivity contribution in [1.29, 1.82) is 0 Å². The van der Waals surface area contributed by atoms with Gasteiger partial charge in [0.15, 0.2) is 0 Å². The lowest BCUT2D eigenvalue weighted by Crippen LogP contribution is -2.29. The SMILES string of the molecule is C=CCC1CC(CCCOC)c2cc(C(=O)OC)cc([N+](=O)[O-])c2N1. The maximum Gasteiger partial charge on any atom is 0.338 e. The molecule has 0 spiro atoms. The first kappa shape index (κ1) is 18.9. The zero-order valence-electron chi connectivity index (χ0n) is 14.6. The van der Waals surface area contributed by atoms with Gasteiger partial charge in [0.2, 0.25) is 0 Å². The molecule has 7 heteroatoms. The largest absolute Gasteiger partial charge is 0.465 e. The number of rotatable bonds is 8. The van der Waals surface area contributed by atoms with Gasteiger partial charge in [0, 0.05) is 25.8 Å². The standard InChI is InChI=1S/C18H24N2O5/c1-4-6-14-9-12(7-5-8-24-2)15-10-13(18(21)25-3)11-16(20(22)23)17(15)19-14/h4,10-12,14,19H,1,5-9H2,2-3H3. The molecule has 0 aromatic heterocycles. The van der Waals surface area contributed by atoms with Crippen LogP contribution in [0.5, 0.6) is 0 Å². The lowest BCUT2D eigenvalue weighted by Gasteiger charge is -2.33. The number of anilines is 1. The molecule has 2 atom stereocenters. The number of carbonyl (C=O) groups excluding carboxylic acids is 1. The van der Waals surface area contributed by atoms with E-state index in [1.54, 1.807) is 13.2 Å². The van der Waals surface area contributed by atoms with Crippen molar-refractivity contribution in [1.82, 2.24) is 0 Å². The van der Waals surface area contributed by atoms with Gasteiger partial charge in [0.05, 0.1) is 17.6 Å². The number of nitro benzene ring substituents is 1. The summed E-state index contributed by atoms with van der Waals surface area (Å²) < 4.78 is 9.86. The van der Waals surface area contributed by atoms with Crippen LogP contribution in [0, 0.1) is 10.1 Å². The first-order chi connectivity index (χ1) is 12.0. The molecule has 1 aliphatic rings. The average Bonchev–Trinajstić information content (AvgIpc) is 2.60. The maximum absolute atomic E-state index is 11.9. The monoisotopic (exact) mass is 348 g/mol. The summed E-state index contributed by atoms with van der Waals surface area (Å²) in [5.74, 6) is -0.464. The van der Waals surface area contributed by atoms with Crippen molar-refractivity contribution in [3.63, 3.8) is 0 Å². The van der Waals surface area contributed by atoms with Crippen LogP contribution in [0.15, 0.2) is 24.8 Å². The number of benzene rings is 1. The lowest BCUT2D eigenvalue weighted by molar-refractivity contribution is -0.384. The highest BCUT2D eigenvalue weighted by Gasteiger charge is 2.32. The Bertz CT molecular complexity index is 659. The van der Waals surface area contributed by atoms with Crippen LogP contribution >= 0.6 is 0 Å². The van der Waals surface area contributed by atoms with Crippen LogP contribution in [-0.2, 0) is 9.47 Å². The van der Waals surface area contributed by atoms with Crippen molar-refractivity contribution in [2.75, 3.05) is 26.1 Å². The van der Waals surface area contributed by atoms with Crippen LogP contribution < -0.4 is 5.32 Å². The van der Waals surface area contributed by atoms with Gasteiger partial charge in [0.25, 0.3) is 5.69 Å². The molecule has 1 aromatic rings. The van der Waals surface area contributed by atoms with Crippen LogP contribution in [-0.4, -0.2) is 37.8 Å². The van der Waals surface area contributed by atoms with Gasteiger partial charge < -0.3 is 14.8 Å². The Labute approximate surface area is 147 Å². The molecule has 0 fully saturated rings. The van der Waals surface area contributed by atoms with Gasteiger partial charge in [-0.1, -0.05) is 6.08 Å². The minimum atomic E-state index is -0.574. The molecule has 0 amide bonds. The van der Waals surface area contributed by atoms with Crippen LogP contribution in [0.2, 0.25) is 0 Å². The summed E-state index contributed by atoms with van der Waals surface area (Å²) in [6.07, 6.45) is 5.03.